The van der Waals surface area contributed by atoms with Crippen LogP contribution in [0.4, 0.5) is 0 Å². The lowest BCUT2D eigenvalue weighted by Gasteiger charge is -2.03. The fourth-order valence-corrected chi connectivity index (χ4v) is 1.74. The van der Waals surface area contributed by atoms with Crippen LogP contribution in [-0.4, -0.2) is 5.11 Å². The van der Waals surface area contributed by atoms with Crippen molar-refractivity contribution in [3.63, 3.8) is 0 Å². The first-order valence-corrected chi connectivity index (χ1v) is 4.69. The van der Waals surface area contributed by atoms with E-state index < -0.39 is 0 Å². The zero-order chi connectivity index (χ0) is 9.97. The molecule has 1 N–H and O–H groups in total. The molecule has 0 aliphatic heterocycles. The lowest BCUT2D eigenvalue weighted by molar-refractivity contribution is 0.478. The van der Waals surface area contributed by atoms with Crippen LogP contribution in [0.3, 0.4) is 0 Å². The van der Waals surface area contributed by atoms with Crippen molar-refractivity contribution in [3.05, 3.63) is 53.2 Å². The molecule has 0 saturated heterocycles. The number of hydrogen-bond donors (Lipinski definition) is 1. The number of fused-ring (bicyclic) bond motifs is 1. The SMILES string of the molecule is OC=Cc1c(Cl)ccc2ccccc12. The van der Waals surface area contributed by atoms with E-state index in [1.165, 1.54) is 0 Å². The third-order valence-electron chi connectivity index (χ3n) is 2.16. The van der Waals surface area contributed by atoms with Crippen LogP contribution in [-0.2, 0) is 0 Å². The van der Waals surface area contributed by atoms with Crippen molar-refractivity contribution in [2.75, 3.05) is 0 Å². The molecule has 2 aromatic carbocycles. The topological polar surface area (TPSA) is 20.2 Å². The van der Waals surface area contributed by atoms with Gasteiger partial charge in [-0.2, -0.15) is 0 Å². The summed E-state index contributed by atoms with van der Waals surface area (Å²) < 4.78 is 0. The summed E-state index contributed by atoms with van der Waals surface area (Å²) in [5.74, 6) is 0. The molecule has 2 heteroatoms. The Labute approximate surface area is 87.3 Å². The molecule has 1 nitrogen and oxygen atoms in total. The number of aliphatic hydroxyl groups is 1. The summed E-state index contributed by atoms with van der Waals surface area (Å²) in [5.41, 5.74) is 0.854. The fraction of sp³-hybridized carbons (Fsp3) is 0. The van der Waals surface area contributed by atoms with E-state index in [1.807, 2.05) is 36.4 Å². The number of hydrogen-bond acceptors (Lipinski definition) is 1. The molecule has 0 fully saturated rings. The Morgan fingerprint density at radius 1 is 1.07 bits per heavy atom. The summed E-state index contributed by atoms with van der Waals surface area (Å²) in [5, 5.41) is 11.6. The molecular weight excluding hydrogens is 196 g/mol. The van der Waals surface area contributed by atoms with E-state index in [0.29, 0.717) is 5.02 Å². The smallest absolute Gasteiger partial charge is 0.0798 e. The largest absolute Gasteiger partial charge is 0.516 e. The first-order valence-electron chi connectivity index (χ1n) is 4.31. The fourth-order valence-electron chi connectivity index (χ4n) is 1.51. The molecule has 0 heterocycles. The third kappa shape index (κ3) is 1.47. The van der Waals surface area contributed by atoms with Gasteiger partial charge in [0.15, 0.2) is 0 Å². The summed E-state index contributed by atoms with van der Waals surface area (Å²) in [6.07, 6.45) is 2.61. The normalized spacial score (nSPS) is 11.2. The van der Waals surface area contributed by atoms with Crippen LogP contribution in [0.1, 0.15) is 5.56 Å². The van der Waals surface area contributed by atoms with Gasteiger partial charge in [0.2, 0.25) is 0 Å². The maximum atomic E-state index is 8.76. The monoisotopic (exact) mass is 204 g/mol. The van der Waals surface area contributed by atoms with Crippen LogP contribution in [0.25, 0.3) is 16.8 Å². The van der Waals surface area contributed by atoms with Crippen molar-refractivity contribution in [1.29, 1.82) is 0 Å². The molecule has 0 atom stereocenters. The molecule has 0 aromatic heterocycles. The van der Waals surface area contributed by atoms with Gasteiger partial charge >= 0.3 is 0 Å². The zero-order valence-electron chi connectivity index (χ0n) is 7.44. The standard InChI is InChI=1S/C12H9ClO/c13-12-6-5-9-3-1-2-4-10(9)11(12)7-8-14/h1-8,14H. The molecule has 70 valence electrons. The molecule has 2 rings (SSSR count). The van der Waals surface area contributed by atoms with Crippen LogP contribution in [0.15, 0.2) is 42.7 Å². The van der Waals surface area contributed by atoms with Crippen LogP contribution >= 0.6 is 11.6 Å². The summed E-state index contributed by atoms with van der Waals surface area (Å²) >= 11 is 6.02. The average Bonchev–Trinajstić information content (AvgIpc) is 2.23. The number of benzene rings is 2. The van der Waals surface area contributed by atoms with E-state index >= 15 is 0 Å². The van der Waals surface area contributed by atoms with Crippen molar-refractivity contribution in [1.82, 2.24) is 0 Å². The molecule has 0 radical (unpaired) electrons. The maximum Gasteiger partial charge on any atom is 0.0798 e. The van der Waals surface area contributed by atoms with Crippen molar-refractivity contribution < 1.29 is 5.11 Å². The van der Waals surface area contributed by atoms with Gasteiger partial charge in [0, 0.05) is 10.6 Å². The highest BCUT2D eigenvalue weighted by molar-refractivity contribution is 6.33. The van der Waals surface area contributed by atoms with Crippen LogP contribution in [0.2, 0.25) is 5.02 Å². The minimum Gasteiger partial charge on any atom is -0.516 e. The Hall–Kier alpha value is -1.47. The first kappa shape index (κ1) is 9.10. The molecule has 2 aromatic rings. The van der Waals surface area contributed by atoms with Gasteiger partial charge in [0.25, 0.3) is 0 Å². The molecule has 0 spiro atoms. The van der Waals surface area contributed by atoms with Crippen molar-refractivity contribution >= 4 is 28.4 Å². The predicted molar refractivity (Wildman–Crippen MR) is 60.6 cm³/mol. The highest BCUT2D eigenvalue weighted by Crippen LogP contribution is 2.26. The van der Waals surface area contributed by atoms with Crippen LogP contribution in [0, 0.1) is 0 Å². The average molecular weight is 205 g/mol. The Kier molecular flexibility index (Phi) is 2.42. The van der Waals surface area contributed by atoms with Gasteiger partial charge < -0.3 is 5.11 Å². The summed E-state index contributed by atoms with van der Waals surface area (Å²) in [7, 11) is 0. The quantitative estimate of drug-likeness (QED) is 0.696. The summed E-state index contributed by atoms with van der Waals surface area (Å²) in [6, 6.07) is 11.7. The lowest BCUT2D eigenvalue weighted by atomic mass is 10.0. The summed E-state index contributed by atoms with van der Waals surface area (Å²) in [4.78, 5) is 0. The van der Waals surface area contributed by atoms with Gasteiger partial charge in [0.05, 0.1) is 6.26 Å². The molecule has 0 unspecified atom stereocenters. The highest BCUT2D eigenvalue weighted by atomic mass is 35.5. The molecule has 0 saturated carbocycles. The zero-order valence-corrected chi connectivity index (χ0v) is 8.20. The molecular formula is C12H9ClO. The van der Waals surface area contributed by atoms with Crippen molar-refractivity contribution in [3.8, 4) is 0 Å². The van der Waals surface area contributed by atoms with E-state index in [-0.39, 0.29) is 0 Å². The van der Waals surface area contributed by atoms with Gasteiger partial charge in [-0.05, 0) is 22.9 Å². The number of aliphatic hydroxyl groups excluding tert-OH is 1. The van der Waals surface area contributed by atoms with E-state index in [2.05, 4.69) is 0 Å². The second-order valence-corrected chi connectivity index (χ2v) is 3.41. The molecule has 14 heavy (non-hydrogen) atoms. The maximum absolute atomic E-state index is 8.76. The molecule has 0 amide bonds. The van der Waals surface area contributed by atoms with Gasteiger partial charge in [-0.25, -0.2) is 0 Å². The lowest BCUT2D eigenvalue weighted by Crippen LogP contribution is -1.79. The van der Waals surface area contributed by atoms with E-state index in [9.17, 15) is 0 Å². The van der Waals surface area contributed by atoms with Gasteiger partial charge in [-0.3, -0.25) is 0 Å². The minimum atomic E-state index is 0.647. The van der Waals surface area contributed by atoms with Crippen LogP contribution < -0.4 is 0 Å². The molecule has 0 aliphatic rings. The minimum absolute atomic E-state index is 0.647. The van der Waals surface area contributed by atoms with Gasteiger partial charge in [-0.1, -0.05) is 41.9 Å². The predicted octanol–water partition coefficient (Wildman–Crippen LogP) is 4.02. The van der Waals surface area contributed by atoms with Crippen molar-refractivity contribution in [2.45, 2.75) is 0 Å². The number of rotatable bonds is 1. The Balaban J connectivity index is 2.82. The molecule has 0 bridgehead atoms. The second-order valence-electron chi connectivity index (χ2n) is 3.00. The third-order valence-corrected chi connectivity index (χ3v) is 2.49. The summed E-state index contributed by atoms with van der Waals surface area (Å²) in [6.45, 7) is 0. The van der Waals surface area contributed by atoms with E-state index in [0.717, 1.165) is 22.6 Å². The first-order chi connectivity index (χ1) is 6.83. The van der Waals surface area contributed by atoms with E-state index in [4.69, 9.17) is 16.7 Å². The number of halogens is 1. The van der Waals surface area contributed by atoms with Crippen LogP contribution in [0.5, 0.6) is 0 Å². The Bertz CT molecular complexity index is 489. The molecule has 0 aliphatic carbocycles. The van der Waals surface area contributed by atoms with Gasteiger partial charge in [0.1, 0.15) is 0 Å². The Morgan fingerprint density at radius 3 is 2.64 bits per heavy atom. The highest BCUT2D eigenvalue weighted by Gasteiger charge is 2.01. The Morgan fingerprint density at radius 2 is 1.86 bits per heavy atom. The van der Waals surface area contributed by atoms with Crippen molar-refractivity contribution in [2.24, 2.45) is 0 Å². The van der Waals surface area contributed by atoms with E-state index in [1.54, 1.807) is 6.08 Å². The van der Waals surface area contributed by atoms with Gasteiger partial charge in [-0.15, -0.1) is 0 Å². The second kappa shape index (κ2) is 3.72.